The minimum absolute atomic E-state index is 0.00507. The Morgan fingerprint density at radius 2 is 1.23 bits per heavy atom. The number of rotatable bonds is 19. The first kappa shape index (κ1) is 49.3. The van der Waals surface area contributed by atoms with Crippen LogP contribution in [-0.2, 0) is 61.0 Å². The molecule has 4 N–H and O–H groups in total. The Morgan fingerprint density at radius 3 is 1.79 bits per heavy atom. The number of sulfone groups is 1. The lowest BCUT2D eigenvalue weighted by Gasteiger charge is -2.28. The fourth-order valence-electron chi connectivity index (χ4n) is 5.55. The summed E-state index contributed by atoms with van der Waals surface area (Å²) in [5.74, 6) is -4.65. The summed E-state index contributed by atoms with van der Waals surface area (Å²) in [6.07, 6.45) is 0.398. The number of carbonyl (C=O) groups excluding carboxylic acids is 6. The van der Waals surface area contributed by atoms with Crippen LogP contribution in [0.2, 0.25) is 0 Å². The first-order valence-corrected chi connectivity index (χ1v) is 21.3. The average molecular weight is 864 g/mol. The average Bonchev–Trinajstić information content (AvgIpc) is 3.17. The van der Waals surface area contributed by atoms with Gasteiger partial charge in [0.1, 0.15) is 35.9 Å². The van der Waals surface area contributed by atoms with E-state index >= 15 is 0 Å². The van der Waals surface area contributed by atoms with Crippen molar-refractivity contribution < 1.29 is 51.4 Å². The zero-order valence-electron chi connectivity index (χ0n) is 35.8. The molecule has 0 saturated heterocycles. The second-order valence-corrected chi connectivity index (χ2v) is 18.3. The van der Waals surface area contributed by atoms with E-state index in [2.05, 4.69) is 26.3 Å². The molecule has 0 fully saturated rings. The maximum Gasteiger partial charge on any atom is 0.408 e. The van der Waals surface area contributed by atoms with Crippen LogP contribution in [0.25, 0.3) is 0 Å². The maximum atomic E-state index is 14.1. The van der Waals surface area contributed by atoms with Crippen molar-refractivity contribution >= 4 is 45.6 Å². The predicted molar refractivity (Wildman–Crippen MR) is 226 cm³/mol. The van der Waals surface area contributed by atoms with Crippen LogP contribution in [0.4, 0.5) is 4.79 Å². The second-order valence-electron chi connectivity index (χ2n) is 16.5. The molecule has 0 radical (unpaired) electrons. The number of pyridine rings is 1. The van der Waals surface area contributed by atoms with E-state index in [0.29, 0.717) is 11.3 Å². The third kappa shape index (κ3) is 18.4. The molecule has 0 spiro atoms. The molecule has 3 aromatic rings. The Balaban J connectivity index is 1.89. The lowest BCUT2D eigenvalue weighted by molar-refractivity contribution is -0.157. The number of benzene rings is 2. The number of hydrogen-bond donors (Lipinski definition) is 4. The van der Waals surface area contributed by atoms with Gasteiger partial charge in [0.05, 0.1) is 23.8 Å². The molecule has 1 aromatic heterocycles. The molecule has 0 aliphatic rings. The van der Waals surface area contributed by atoms with Gasteiger partial charge in [0.15, 0.2) is 9.84 Å². The van der Waals surface area contributed by atoms with Crippen LogP contribution < -0.4 is 21.3 Å². The minimum atomic E-state index is -3.98. The van der Waals surface area contributed by atoms with Crippen molar-refractivity contribution in [2.75, 3.05) is 0 Å². The number of aromatic nitrogens is 1. The van der Waals surface area contributed by atoms with Crippen molar-refractivity contribution in [2.24, 2.45) is 5.92 Å². The molecule has 0 bridgehead atoms. The van der Waals surface area contributed by atoms with E-state index in [-0.39, 0.29) is 17.9 Å². The smallest absolute Gasteiger partial charge is 0.408 e. The molecular formula is C44H57N5O11S. The molecule has 0 aliphatic carbocycles. The molecule has 0 saturated carbocycles. The minimum Gasteiger partial charge on any atom is -0.460 e. The van der Waals surface area contributed by atoms with E-state index in [1.807, 2.05) is 0 Å². The topological polar surface area (TPSA) is 225 Å². The van der Waals surface area contributed by atoms with Crippen LogP contribution in [0.1, 0.15) is 79.5 Å². The monoisotopic (exact) mass is 863 g/mol. The van der Waals surface area contributed by atoms with Crippen molar-refractivity contribution in [3.8, 4) is 0 Å². The van der Waals surface area contributed by atoms with E-state index in [1.54, 1.807) is 122 Å². The van der Waals surface area contributed by atoms with Gasteiger partial charge in [0, 0.05) is 23.7 Å². The summed E-state index contributed by atoms with van der Waals surface area (Å²) in [5.41, 5.74) is -0.741. The molecule has 0 unspecified atom stereocenters. The number of esters is 2. The highest BCUT2D eigenvalue weighted by atomic mass is 32.2. The highest BCUT2D eigenvalue weighted by Crippen LogP contribution is 2.16. The molecule has 2 aromatic carbocycles. The van der Waals surface area contributed by atoms with Gasteiger partial charge in [-0.05, 0) is 83.4 Å². The SMILES string of the molecule is CC(C)[C@H](NC(=O)[C@H](Cc1ccccn1)NC(=O)[C@H](CC(=O)OC(C)(C)C)NC(=O)OCc1ccccc1)C(=O)N[C@H](/C=C/S(=O)(=O)c1ccccc1)CC(=O)OC(C)(C)C. The molecular weight excluding hydrogens is 807 g/mol. The van der Waals surface area contributed by atoms with Crippen LogP contribution in [0.3, 0.4) is 0 Å². The molecule has 0 aliphatic heterocycles. The fourth-order valence-corrected chi connectivity index (χ4v) is 6.64. The van der Waals surface area contributed by atoms with Gasteiger partial charge in [-0.15, -0.1) is 0 Å². The number of ether oxygens (including phenoxy) is 3. The highest BCUT2D eigenvalue weighted by molar-refractivity contribution is 7.94. The van der Waals surface area contributed by atoms with Crippen molar-refractivity contribution in [2.45, 2.75) is 122 Å². The van der Waals surface area contributed by atoms with E-state index in [0.717, 1.165) is 11.5 Å². The number of hydrogen-bond acceptors (Lipinski definition) is 12. The third-order valence-electron chi connectivity index (χ3n) is 8.33. The molecule has 61 heavy (non-hydrogen) atoms. The van der Waals surface area contributed by atoms with Gasteiger partial charge >= 0.3 is 18.0 Å². The molecule has 4 atom stereocenters. The van der Waals surface area contributed by atoms with Crippen molar-refractivity contribution in [1.82, 2.24) is 26.3 Å². The number of alkyl carbamates (subject to hydrolysis) is 1. The summed E-state index contributed by atoms with van der Waals surface area (Å²) in [6.45, 7) is 13.1. The molecule has 1 heterocycles. The maximum absolute atomic E-state index is 14.1. The van der Waals surface area contributed by atoms with E-state index < -0.39 is 99.7 Å². The number of carbonyl (C=O) groups is 6. The highest BCUT2D eigenvalue weighted by Gasteiger charge is 2.34. The van der Waals surface area contributed by atoms with E-state index in [9.17, 15) is 37.2 Å². The first-order chi connectivity index (χ1) is 28.5. The molecule has 16 nitrogen and oxygen atoms in total. The lowest BCUT2D eigenvalue weighted by atomic mass is 10.0. The summed E-state index contributed by atoms with van der Waals surface area (Å²) in [6, 6.07) is 15.9. The molecule has 4 amide bonds. The Labute approximate surface area is 357 Å². The summed E-state index contributed by atoms with van der Waals surface area (Å²) in [4.78, 5) is 85.1. The zero-order valence-corrected chi connectivity index (χ0v) is 36.6. The summed E-state index contributed by atoms with van der Waals surface area (Å²) >= 11 is 0. The van der Waals surface area contributed by atoms with Crippen LogP contribution in [-0.4, -0.2) is 84.5 Å². The van der Waals surface area contributed by atoms with E-state index in [1.165, 1.54) is 18.3 Å². The van der Waals surface area contributed by atoms with Gasteiger partial charge in [-0.2, -0.15) is 0 Å². The fraction of sp³-hybridized carbons (Fsp3) is 0.432. The van der Waals surface area contributed by atoms with Gasteiger partial charge in [-0.1, -0.05) is 68.4 Å². The van der Waals surface area contributed by atoms with Crippen molar-refractivity contribution in [3.63, 3.8) is 0 Å². The van der Waals surface area contributed by atoms with Gasteiger partial charge in [-0.3, -0.25) is 29.0 Å². The quantitative estimate of drug-likeness (QED) is 0.0967. The van der Waals surface area contributed by atoms with Crippen molar-refractivity contribution in [1.29, 1.82) is 0 Å². The van der Waals surface area contributed by atoms with Crippen LogP contribution in [0.15, 0.2) is 101 Å². The van der Waals surface area contributed by atoms with Gasteiger partial charge in [0.25, 0.3) is 0 Å². The Kier molecular flexibility index (Phi) is 18.2. The Hall–Kier alpha value is -6.10. The van der Waals surface area contributed by atoms with Gasteiger partial charge < -0.3 is 35.5 Å². The van der Waals surface area contributed by atoms with Gasteiger partial charge in [-0.25, -0.2) is 13.2 Å². The van der Waals surface area contributed by atoms with Crippen LogP contribution >= 0.6 is 0 Å². The van der Waals surface area contributed by atoms with Crippen LogP contribution in [0.5, 0.6) is 0 Å². The standard InChI is InChI=1S/C44H57N5O11S/c1-29(2)38(41(54)46-32(26-36(50)59-43(3,4)5)22-24-61(56,57)33-20-13-10-14-21-33)49-40(53)34(25-31-19-15-16-23-45-31)47-39(52)35(27-37(51)60-44(6,7)8)48-42(55)58-28-30-17-11-9-12-18-30/h9-24,29,32,34-35,38H,25-28H2,1-8H3,(H,46,54)(H,47,52)(H,48,55)(H,49,53)/b24-22+/t32-,34+,35+,38+/m1/s1. The van der Waals surface area contributed by atoms with Gasteiger partial charge in [0.2, 0.25) is 17.7 Å². The largest absolute Gasteiger partial charge is 0.460 e. The summed E-state index contributed by atoms with van der Waals surface area (Å²) in [7, 11) is -3.98. The predicted octanol–water partition coefficient (Wildman–Crippen LogP) is 4.48. The molecule has 330 valence electrons. The molecule has 17 heteroatoms. The summed E-state index contributed by atoms with van der Waals surface area (Å²) in [5, 5.41) is 11.2. The number of nitrogens with zero attached hydrogens (tertiary/aromatic N) is 1. The Morgan fingerprint density at radius 1 is 0.672 bits per heavy atom. The first-order valence-electron chi connectivity index (χ1n) is 19.7. The lowest BCUT2D eigenvalue weighted by Crippen LogP contribution is -2.59. The van der Waals surface area contributed by atoms with Crippen molar-refractivity contribution in [3.05, 3.63) is 108 Å². The number of amides is 4. The second kappa shape index (κ2) is 22.5. The molecule has 3 rings (SSSR count). The normalized spacial score (nSPS) is 13.9. The zero-order chi connectivity index (χ0) is 45.4. The number of nitrogens with one attached hydrogen (secondary N) is 4. The summed E-state index contributed by atoms with van der Waals surface area (Å²) < 4.78 is 42.3. The van der Waals surface area contributed by atoms with Crippen LogP contribution in [0, 0.1) is 5.92 Å². The third-order valence-corrected chi connectivity index (χ3v) is 9.77. The van der Waals surface area contributed by atoms with E-state index in [4.69, 9.17) is 14.2 Å². The Bertz CT molecular complexity index is 2080.